The number of nitrogens with one attached hydrogen (secondary N) is 1. The van der Waals surface area contributed by atoms with E-state index in [1.165, 1.54) is 0 Å². The molecule has 0 fully saturated rings. The molecule has 0 saturated heterocycles. The Morgan fingerprint density at radius 1 is 1.56 bits per heavy atom. The number of hydrogen-bond donors (Lipinski definition) is 2. The van der Waals surface area contributed by atoms with Crippen LogP contribution < -0.4 is 16.0 Å². The quantitative estimate of drug-likeness (QED) is 0.385. The van der Waals surface area contributed by atoms with Crippen LogP contribution in [0.25, 0.3) is 0 Å². The highest BCUT2D eigenvalue weighted by molar-refractivity contribution is 9.10. The van der Waals surface area contributed by atoms with E-state index in [4.69, 9.17) is 10.6 Å². The first kappa shape index (κ1) is 13.0. The normalized spacial score (nSPS) is 11.4. The predicted octanol–water partition coefficient (Wildman–Crippen LogP) is 2.08. The molecule has 0 bridgehead atoms. The third kappa shape index (κ3) is 3.21. The topological polar surface area (TPSA) is 59.6 Å². The number of rotatable bonds is 4. The van der Waals surface area contributed by atoms with Gasteiger partial charge in [-0.05, 0) is 24.6 Å². The van der Waals surface area contributed by atoms with Crippen LogP contribution in [-0.4, -0.2) is 19.5 Å². The Hall–Kier alpha value is -1.07. The number of nitrogens with two attached hydrogens (primary N) is 1. The summed E-state index contributed by atoms with van der Waals surface area (Å²) in [5.74, 6) is 6.84. The minimum Gasteiger partial charge on any atom is -0.496 e. The molecule has 16 heavy (non-hydrogen) atoms. The van der Waals surface area contributed by atoms with E-state index in [1.54, 1.807) is 7.11 Å². The summed E-state index contributed by atoms with van der Waals surface area (Å²) in [5, 5.41) is 0. The van der Waals surface area contributed by atoms with Crippen LogP contribution in [-0.2, 0) is 0 Å². The van der Waals surface area contributed by atoms with Crippen molar-refractivity contribution in [2.24, 2.45) is 10.8 Å². The van der Waals surface area contributed by atoms with Gasteiger partial charge in [-0.15, -0.1) is 0 Å². The van der Waals surface area contributed by atoms with Crippen LogP contribution in [0.15, 0.2) is 27.7 Å². The minimum absolute atomic E-state index is 0.645. The Balaban J connectivity index is 3.09. The summed E-state index contributed by atoms with van der Waals surface area (Å²) in [6.07, 6.45) is 0.976. The molecule has 0 aromatic heterocycles. The Kier molecular flexibility index (Phi) is 5.28. The van der Waals surface area contributed by atoms with Crippen molar-refractivity contribution in [1.29, 1.82) is 0 Å². The van der Waals surface area contributed by atoms with Gasteiger partial charge >= 0.3 is 0 Å². The zero-order valence-electron chi connectivity index (χ0n) is 9.46. The van der Waals surface area contributed by atoms with E-state index in [1.807, 2.05) is 18.2 Å². The van der Waals surface area contributed by atoms with Crippen molar-refractivity contribution < 1.29 is 4.74 Å². The summed E-state index contributed by atoms with van der Waals surface area (Å²) in [5.41, 5.74) is 3.46. The van der Waals surface area contributed by atoms with Gasteiger partial charge in [0.05, 0.1) is 12.7 Å². The predicted molar refractivity (Wildman–Crippen MR) is 69.7 cm³/mol. The molecule has 0 aliphatic rings. The molecule has 0 aliphatic carbocycles. The van der Waals surface area contributed by atoms with Gasteiger partial charge in [-0.3, -0.25) is 4.99 Å². The SMILES string of the molecule is CCCN=C(NN)c1ccc(Br)cc1OC. The average Bonchev–Trinajstić information content (AvgIpc) is 2.31. The maximum Gasteiger partial charge on any atom is 0.146 e. The van der Waals surface area contributed by atoms with Crippen molar-refractivity contribution in [3.05, 3.63) is 28.2 Å². The number of benzene rings is 1. The molecule has 0 unspecified atom stereocenters. The number of ether oxygens (including phenoxy) is 1. The highest BCUT2D eigenvalue weighted by Crippen LogP contribution is 2.23. The highest BCUT2D eigenvalue weighted by Gasteiger charge is 2.09. The molecule has 1 aromatic carbocycles. The van der Waals surface area contributed by atoms with Crippen LogP contribution in [0.1, 0.15) is 18.9 Å². The average molecular weight is 286 g/mol. The Morgan fingerprint density at radius 3 is 2.88 bits per heavy atom. The molecule has 1 aromatic rings. The van der Waals surface area contributed by atoms with Crippen LogP contribution in [0, 0.1) is 0 Å². The number of methoxy groups -OCH3 is 1. The Bertz CT molecular complexity index is 379. The lowest BCUT2D eigenvalue weighted by Crippen LogP contribution is -2.31. The standard InChI is InChI=1S/C11H16BrN3O/c1-3-6-14-11(15-13)9-5-4-8(12)7-10(9)16-2/h4-5,7H,3,6,13H2,1-2H3,(H,14,15). The second-order valence-electron chi connectivity index (χ2n) is 3.22. The van der Waals surface area contributed by atoms with E-state index >= 15 is 0 Å². The zero-order chi connectivity index (χ0) is 12.0. The van der Waals surface area contributed by atoms with E-state index in [0.29, 0.717) is 5.84 Å². The third-order valence-corrected chi connectivity index (χ3v) is 2.54. The van der Waals surface area contributed by atoms with Crippen LogP contribution in [0.4, 0.5) is 0 Å². The Labute approximate surface area is 104 Å². The van der Waals surface area contributed by atoms with Gasteiger partial charge in [0.15, 0.2) is 0 Å². The lowest BCUT2D eigenvalue weighted by molar-refractivity contribution is 0.413. The van der Waals surface area contributed by atoms with E-state index in [-0.39, 0.29) is 0 Å². The van der Waals surface area contributed by atoms with Crippen molar-refractivity contribution in [3.8, 4) is 5.75 Å². The summed E-state index contributed by atoms with van der Waals surface area (Å²) in [6, 6.07) is 5.72. The summed E-state index contributed by atoms with van der Waals surface area (Å²) in [7, 11) is 1.62. The van der Waals surface area contributed by atoms with Gasteiger partial charge in [0, 0.05) is 11.0 Å². The van der Waals surface area contributed by atoms with Gasteiger partial charge in [0.25, 0.3) is 0 Å². The third-order valence-electron chi connectivity index (χ3n) is 2.05. The first-order valence-corrected chi connectivity index (χ1v) is 5.87. The van der Waals surface area contributed by atoms with Crippen molar-refractivity contribution in [1.82, 2.24) is 5.43 Å². The van der Waals surface area contributed by atoms with Crippen molar-refractivity contribution >= 4 is 21.8 Å². The summed E-state index contributed by atoms with van der Waals surface area (Å²) in [6.45, 7) is 2.80. The molecule has 0 spiro atoms. The second kappa shape index (κ2) is 6.50. The fraction of sp³-hybridized carbons (Fsp3) is 0.364. The van der Waals surface area contributed by atoms with E-state index in [2.05, 4.69) is 33.3 Å². The number of nitrogens with zero attached hydrogens (tertiary/aromatic N) is 1. The monoisotopic (exact) mass is 285 g/mol. The number of halogens is 1. The maximum atomic E-state index is 5.46. The summed E-state index contributed by atoms with van der Waals surface area (Å²) >= 11 is 3.39. The van der Waals surface area contributed by atoms with Gasteiger partial charge in [0.2, 0.25) is 0 Å². The number of aliphatic imine (C=N–C) groups is 1. The minimum atomic E-state index is 0.645. The highest BCUT2D eigenvalue weighted by atomic mass is 79.9. The number of hydrogen-bond acceptors (Lipinski definition) is 3. The number of amidine groups is 1. The molecule has 0 saturated carbocycles. The smallest absolute Gasteiger partial charge is 0.146 e. The van der Waals surface area contributed by atoms with Crippen LogP contribution in [0.5, 0.6) is 5.75 Å². The van der Waals surface area contributed by atoms with E-state index in [0.717, 1.165) is 28.8 Å². The van der Waals surface area contributed by atoms with Crippen LogP contribution in [0.2, 0.25) is 0 Å². The maximum absolute atomic E-state index is 5.46. The molecule has 0 atom stereocenters. The Morgan fingerprint density at radius 2 is 2.31 bits per heavy atom. The molecule has 0 amide bonds. The molecule has 0 heterocycles. The first-order chi connectivity index (χ1) is 7.72. The summed E-state index contributed by atoms with van der Waals surface area (Å²) in [4.78, 5) is 4.35. The van der Waals surface area contributed by atoms with Gasteiger partial charge < -0.3 is 10.2 Å². The van der Waals surface area contributed by atoms with Crippen molar-refractivity contribution in [3.63, 3.8) is 0 Å². The van der Waals surface area contributed by atoms with Crippen LogP contribution in [0.3, 0.4) is 0 Å². The largest absolute Gasteiger partial charge is 0.496 e. The molecular weight excluding hydrogens is 270 g/mol. The van der Waals surface area contributed by atoms with Crippen molar-refractivity contribution in [2.45, 2.75) is 13.3 Å². The van der Waals surface area contributed by atoms with E-state index < -0.39 is 0 Å². The van der Waals surface area contributed by atoms with Crippen molar-refractivity contribution in [2.75, 3.05) is 13.7 Å². The first-order valence-electron chi connectivity index (χ1n) is 5.08. The molecule has 1 rings (SSSR count). The summed E-state index contributed by atoms with van der Waals surface area (Å²) < 4.78 is 6.24. The zero-order valence-corrected chi connectivity index (χ0v) is 11.0. The van der Waals surface area contributed by atoms with Crippen LogP contribution >= 0.6 is 15.9 Å². The molecule has 0 radical (unpaired) electrons. The second-order valence-corrected chi connectivity index (χ2v) is 4.13. The van der Waals surface area contributed by atoms with Gasteiger partial charge in [-0.2, -0.15) is 0 Å². The molecule has 88 valence electrons. The fourth-order valence-electron chi connectivity index (χ4n) is 1.29. The molecule has 3 N–H and O–H groups in total. The van der Waals surface area contributed by atoms with E-state index in [9.17, 15) is 0 Å². The molecular formula is C11H16BrN3O. The molecule has 0 aliphatic heterocycles. The lowest BCUT2D eigenvalue weighted by atomic mass is 10.2. The van der Waals surface area contributed by atoms with Gasteiger partial charge in [-0.25, -0.2) is 5.84 Å². The van der Waals surface area contributed by atoms with Gasteiger partial charge in [-0.1, -0.05) is 22.9 Å². The lowest BCUT2D eigenvalue weighted by Gasteiger charge is -2.11. The molecule has 4 nitrogen and oxygen atoms in total. The molecule has 5 heteroatoms. The van der Waals surface area contributed by atoms with Gasteiger partial charge in [0.1, 0.15) is 11.6 Å². The fourth-order valence-corrected chi connectivity index (χ4v) is 1.63. The number of hydrazine groups is 1.